The fraction of sp³-hybridized carbons (Fsp3) is 0.727. The number of nitrogens with one attached hydrogen (secondary N) is 1. The number of aliphatic hydroxyl groups excluding tert-OH is 1. The Kier molecular flexibility index (Phi) is 6.31. The summed E-state index contributed by atoms with van der Waals surface area (Å²) in [4.78, 5) is 13.2. The molecular weight excluding hydrogens is 234 g/mol. The molecule has 0 unspecified atom stereocenters. The highest BCUT2D eigenvalue weighted by Crippen LogP contribution is 1.94. The van der Waals surface area contributed by atoms with E-state index >= 15 is 0 Å². The highest BCUT2D eigenvalue weighted by Gasteiger charge is 2.06. The number of carbonyl (C=O) groups is 1. The summed E-state index contributed by atoms with van der Waals surface area (Å²) < 4.78 is 1.69. The van der Waals surface area contributed by atoms with E-state index in [0.717, 1.165) is 5.69 Å². The largest absolute Gasteiger partial charge is 0.396 e. The molecule has 1 amide bonds. The number of rotatable bonds is 8. The molecule has 0 aliphatic carbocycles. The van der Waals surface area contributed by atoms with E-state index in [4.69, 9.17) is 5.11 Å². The maximum absolute atomic E-state index is 11.5. The zero-order valence-electron chi connectivity index (χ0n) is 11.0. The zero-order chi connectivity index (χ0) is 13.4. The topological polar surface area (TPSA) is 83.3 Å². The van der Waals surface area contributed by atoms with Gasteiger partial charge >= 0.3 is 0 Å². The van der Waals surface area contributed by atoms with Gasteiger partial charge in [-0.2, -0.15) is 0 Å². The Balaban J connectivity index is 2.27. The third-order valence-corrected chi connectivity index (χ3v) is 2.61. The van der Waals surface area contributed by atoms with E-state index in [0.29, 0.717) is 32.6 Å². The van der Waals surface area contributed by atoms with E-state index in [1.54, 1.807) is 16.6 Å². The van der Waals surface area contributed by atoms with Crippen LogP contribution >= 0.6 is 0 Å². The number of amides is 1. The summed E-state index contributed by atoms with van der Waals surface area (Å²) in [6, 6.07) is 0. The minimum atomic E-state index is 0.0603. The van der Waals surface area contributed by atoms with Crippen LogP contribution in [0.1, 0.15) is 19.0 Å². The summed E-state index contributed by atoms with van der Waals surface area (Å²) >= 11 is 0. The monoisotopic (exact) mass is 255 g/mol. The summed E-state index contributed by atoms with van der Waals surface area (Å²) in [5.74, 6) is 0.0603. The second-order valence-corrected chi connectivity index (χ2v) is 4.06. The lowest BCUT2D eigenvalue weighted by Crippen LogP contribution is -2.35. The van der Waals surface area contributed by atoms with Crippen LogP contribution in [0.4, 0.5) is 0 Å². The zero-order valence-corrected chi connectivity index (χ0v) is 11.0. The first-order valence-corrected chi connectivity index (χ1v) is 6.12. The number of carbonyl (C=O) groups excluding carboxylic acids is 1. The molecule has 0 aliphatic heterocycles. The highest BCUT2D eigenvalue weighted by molar-refractivity contribution is 5.77. The summed E-state index contributed by atoms with van der Waals surface area (Å²) in [5.41, 5.74) is 0.792. The summed E-state index contributed by atoms with van der Waals surface area (Å²) in [7, 11) is 1.77. The first kappa shape index (κ1) is 14.6. The van der Waals surface area contributed by atoms with Crippen molar-refractivity contribution in [1.82, 2.24) is 25.2 Å². The van der Waals surface area contributed by atoms with Crippen molar-refractivity contribution < 1.29 is 9.90 Å². The third-order valence-electron chi connectivity index (χ3n) is 2.61. The second-order valence-electron chi connectivity index (χ2n) is 4.06. The van der Waals surface area contributed by atoms with Crippen LogP contribution in [0.25, 0.3) is 0 Å². The average molecular weight is 255 g/mol. The Morgan fingerprint density at radius 1 is 1.61 bits per heavy atom. The first-order valence-electron chi connectivity index (χ1n) is 6.12. The van der Waals surface area contributed by atoms with Gasteiger partial charge in [-0.3, -0.25) is 9.48 Å². The van der Waals surface area contributed by atoms with Crippen LogP contribution in [0.2, 0.25) is 0 Å². The SMILES string of the molecule is CCN(C)C(=O)CNCc1cn(CCCO)nn1. The fourth-order valence-corrected chi connectivity index (χ4v) is 1.37. The summed E-state index contributed by atoms with van der Waals surface area (Å²) in [5, 5.41) is 19.6. The molecule has 7 heteroatoms. The van der Waals surface area contributed by atoms with Gasteiger partial charge in [0.1, 0.15) is 0 Å². The smallest absolute Gasteiger partial charge is 0.236 e. The Bertz CT molecular complexity index is 366. The normalized spacial score (nSPS) is 10.6. The van der Waals surface area contributed by atoms with Gasteiger partial charge in [-0.15, -0.1) is 5.10 Å². The van der Waals surface area contributed by atoms with Gasteiger partial charge in [0.25, 0.3) is 0 Å². The standard InChI is InChI=1S/C11H21N5O2/c1-3-15(2)11(18)8-12-7-10-9-16(14-13-10)5-4-6-17/h9,12,17H,3-8H2,1-2H3. The molecule has 1 heterocycles. The van der Waals surface area contributed by atoms with Crippen molar-refractivity contribution in [3.05, 3.63) is 11.9 Å². The van der Waals surface area contributed by atoms with Gasteiger partial charge in [0.05, 0.1) is 12.2 Å². The average Bonchev–Trinajstić information content (AvgIpc) is 2.83. The minimum absolute atomic E-state index is 0.0603. The van der Waals surface area contributed by atoms with Crippen molar-refractivity contribution >= 4 is 5.91 Å². The van der Waals surface area contributed by atoms with Gasteiger partial charge in [-0.1, -0.05) is 5.21 Å². The van der Waals surface area contributed by atoms with Gasteiger partial charge in [-0.25, -0.2) is 0 Å². The Morgan fingerprint density at radius 2 is 2.39 bits per heavy atom. The van der Waals surface area contributed by atoms with E-state index < -0.39 is 0 Å². The predicted molar refractivity (Wildman–Crippen MR) is 66.7 cm³/mol. The number of aromatic nitrogens is 3. The van der Waals surface area contributed by atoms with Crippen molar-refractivity contribution in [3.8, 4) is 0 Å². The van der Waals surface area contributed by atoms with Crippen molar-refractivity contribution in [3.63, 3.8) is 0 Å². The van der Waals surface area contributed by atoms with Gasteiger partial charge in [0.2, 0.25) is 5.91 Å². The molecule has 2 N–H and O–H groups in total. The molecule has 1 aromatic rings. The molecule has 0 aromatic carbocycles. The third kappa shape index (κ3) is 4.80. The molecule has 0 bridgehead atoms. The number of aryl methyl sites for hydroxylation is 1. The number of hydrogen-bond donors (Lipinski definition) is 2. The molecule has 1 aromatic heterocycles. The molecule has 1 rings (SSSR count). The van der Waals surface area contributed by atoms with Gasteiger partial charge in [0, 0.05) is 39.5 Å². The molecule has 0 fully saturated rings. The Hall–Kier alpha value is -1.47. The van der Waals surface area contributed by atoms with Crippen molar-refractivity contribution in [2.24, 2.45) is 0 Å². The van der Waals surface area contributed by atoms with E-state index in [-0.39, 0.29) is 12.5 Å². The molecule has 102 valence electrons. The van der Waals surface area contributed by atoms with Gasteiger partial charge in [0.15, 0.2) is 0 Å². The van der Waals surface area contributed by atoms with E-state index in [1.807, 2.05) is 13.1 Å². The van der Waals surface area contributed by atoms with Crippen LogP contribution in [-0.4, -0.2) is 57.7 Å². The van der Waals surface area contributed by atoms with Crippen molar-refractivity contribution in [2.45, 2.75) is 26.4 Å². The molecular formula is C11H21N5O2. The Labute approximate surface area is 107 Å². The quantitative estimate of drug-likeness (QED) is 0.637. The molecule has 0 saturated carbocycles. The van der Waals surface area contributed by atoms with Crippen LogP contribution in [0, 0.1) is 0 Å². The first-order chi connectivity index (χ1) is 8.67. The van der Waals surface area contributed by atoms with E-state index in [9.17, 15) is 4.79 Å². The number of hydrogen-bond acceptors (Lipinski definition) is 5. The van der Waals surface area contributed by atoms with Crippen LogP contribution in [0.5, 0.6) is 0 Å². The van der Waals surface area contributed by atoms with Crippen LogP contribution in [0.15, 0.2) is 6.20 Å². The van der Waals surface area contributed by atoms with Crippen molar-refractivity contribution in [1.29, 1.82) is 0 Å². The molecule has 0 radical (unpaired) electrons. The van der Waals surface area contributed by atoms with Crippen LogP contribution < -0.4 is 5.32 Å². The van der Waals surface area contributed by atoms with Crippen LogP contribution in [0.3, 0.4) is 0 Å². The highest BCUT2D eigenvalue weighted by atomic mass is 16.3. The fourth-order valence-electron chi connectivity index (χ4n) is 1.37. The number of aliphatic hydroxyl groups is 1. The summed E-state index contributed by atoms with van der Waals surface area (Å²) in [6.07, 6.45) is 2.48. The lowest BCUT2D eigenvalue weighted by molar-refractivity contribution is -0.128. The molecule has 0 atom stereocenters. The predicted octanol–water partition coefficient (Wildman–Crippen LogP) is -0.772. The molecule has 18 heavy (non-hydrogen) atoms. The molecule has 0 aliphatic rings. The van der Waals surface area contributed by atoms with Crippen molar-refractivity contribution in [2.75, 3.05) is 26.7 Å². The van der Waals surface area contributed by atoms with Crippen LogP contribution in [-0.2, 0) is 17.9 Å². The molecule has 0 saturated heterocycles. The Morgan fingerprint density at radius 3 is 3.06 bits per heavy atom. The summed E-state index contributed by atoms with van der Waals surface area (Å²) in [6.45, 7) is 4.26. The minimum Gasteiger partial charge on any atom is -0.396 e. The maximum atomic E-state index is 11.5. The van der Waals surface area contributed by atoms with Gasteiger partial charge in [-0.05, 0) is 13.3 Å². The lowest BCUT2D eigenvalue weighted by Gasteiger charge is -2.14. The second kappa shape index (κ2) is 7.78. The van der Waals surface area contributed by atoms with E-state index in [1.165, 1.54) is 0 Å². The maximum Gasteiger partial charge on any atom is 0.236 e. The molecule has 0 spiro atoms. The van der Waals surface area contributed by atoms with Gasteiger partial charge < -0.3 is 15.3 Å². The van der Waals surface area contributed by atoms with E-state index in [2.05, 4.69) is 15.6 Å². The molecule has 7 nitrogen and oxygen atoms in total. The lowest BCUT2D eigenvalue weighted by atomic mass is 10.4. The number of likely N-dealkylation sites (N-methyl/N-ethyl adjacent to an activating group) is 1. The number of nitrogens with zero attached hydrogens (tertiary/aromatic N) is 4.